The van der Waals surface area contributed by atoms with Crippen LogP contribution in [0.15, 0.2) is 24.3 Å². The monoisotopic (exact) mass is 253 g/mol. The summed E-state index contributed by atoms with van der Waals surface area (Å²) in [6, 6.07) is 11.4. The van der Waals surface area contributed by atoms with Crippen LogP contribution in [0.5, 0.6) is 0 Å². The molecule has 0 heterocycles. The van der Waals surface area contributed by atoms with E-state index >= 15 is 0 Å². The van der Waals surface area contributed by atoms with Crippen molar-refractivity contribution < 1.29 is 4.79 Å². The van der Waals surface area contributed by atoms with Gasteiger partial charge in [-0.05, 0) is 37.0 Å². The fourth-order valence-corrected chi connectivity index (χ4v) is 2.35. The quantitative estimate of drug-likeness (QED) is 0.829. The zero-order chi connectivity index (χ0) is 13.9. The Labute approximate surface area is 112 Å². The smallest absolute Gasteiger partial charge is 0.243 e. The molecule has 1 amide bonds. The van der Waals surface area contributed by atoms with Gasteiger partial charge in [0.05, 0.1) is 17.7 Å². The van der Waals surface area contributed by atoms with Crippen LogP contribution in [-0.2, 0) is 11.3 Å². The minimum absolute atomic E-state index is 0.108. The molecule has 0 bridgehead atoms. The van der Waals surface area contributed by atoms with Crippen LogP contribution in [0.2, 0.25) is 0 Å². The molecule has 1 aromatic carbocycles. The second kappa shape index (κ2) is 5.12. The van der Waals surface area contributed by atoms with Gasteiger partial charge in [0.2, 0.25) is 5.91 Å². The molecule has 4 nitrogen and oxygen atoms in total. The van der Waals surface area contributed by atoms with E-state index in [1.54, 1.807) is 30.1 Å². The lowest BCUT2D eigenvalue weighted by molar-refractivity contribution is -0.142. The summed E-state index contributed by atoms with van der Waals surface area (Å²) in [5.74, 6) is -0.108. The maximum absolute atomic E-state index is 12.3. The van der Waals surface area contributed by atoms with E-state index in [0.717, 1.165) is 12.0 Å². The Morgan fingerprint density at radius 2 is 2.16 bits per heavy atom. The van der Waals surface area contributed by atoms with Gasteiger partial charge in [0.15, 0.2) is 0 Å². The van der Waals surface area contributed by atoms with Crippen LogP contribution < -0.4 is 0 Å². The lowest BCUT2D eigenvalue weighted by Gasteiger charge is -2.36. The maximum Gasteiger partial charge on any atom is 0.243 e. The number of rotatable bonds is 3. The van der Waals surface area contributed by atoms with Crippen molar-refractivity contribution in [3.63, 3.8) is 0 Å². The van der Waals surface area contributed by atoms with E-state index in [1.807, 2.05) is 6.07 Å². The second-order valence-electron chi connectivity index (χ2n) is 5.02. The van der Waals surface area contributed by atoms with Gasteiger partial charge in [0.25, 0.3) is 0 Å². The molecule has 2 rings (SSSR count). The fraction of sp³-hybridized carbons (Fsp3) is 0.400. The van der Waals surface area contributed by atoms with Crippen LogP contribution in [0.3, 0.4) is 0 Å². The predicted octanol–water partition coefficient (Wildman–Crippen LogP) is 2.21. The molecule has 1 saturated carbocycles. The number of nitriles is 2. The first-order valence-corrected chi connectivity index (χ1v) is 6.27. The summed E-state index contributed by atoms with van der Waals surface area (Å²) in [6.45, 7) is 0.428. The summed E-state index contributed by atoms with van der Waals surface area (Å²) in [5.41, 5.74) is 0.681. The normalized spacial score (nSPS) is 15.7. The van der Waals surface area contributed by atoms with Gasteiger partial charge in [-0.25, -0.2) is 0 Å². The summed E-state index contributed by atoms with van der Waals surface area (Å²) in [5, 5.41) is 18.0. The molecule has 19 heavy (non-hydrogen) atoms. The third-order valence-corrected chi connectivity index (χ3v) is 3.65. The summed E-state index contributed by atoms with van der Waals surface area (Å²) < 4.78 is 0. The topological polar surface area (TPSA) is 67.9 Å². The molecule has 1 aliphatic rings. The van der Waals surface area contributed by atoms with Crippen molar-refractivity contribution in [1.82, 2.24) is 4.90 Å². The van der Waals surface area contributed by atoms with Crippen molar-refractivity contribution in [2.24, 2.45) is 5.41 Å². The van der Waals surface area contributed by atoms with E-state index in [4.69, 9.17) is 10.5 Å². The molecule has 0 N–H and O–H groups in total. The van der Waals surface area contributed by atoms with Crippen LogP contribution >= 0.6 is 0 Å². The molecule has 0 unspecified atom stereocenters. The predicted molar refractivity (Wildman–Crippen MR) is 69.5 cm³/mol. The molecule has 0 aliphatic heterocycles. The average Bonchev–Trinajstić information content (AvgIpc) is 2.38. The molecule has 0 spiro atoms. The van der Waals surface area contributed by atoms with Crippen molar-refractivity contribution in [3.8, 4) is 12.1 Å². The first kappa shape index (κ1) is 13.1. The molecule has 0 radical (unpaired) electrons. The Morgan fingerprint density at radius 1 is 1.42 bits per heavy atom. The van der Waals surface area contributed by atoms with Gasteiger partial charge in [0, 0.05) is 13.6 Å². The molecule has 96 valence electrons. The highest BCUT2D eigenvalue weighted by molar-refractivity contribution is 5.86. The van der Waals surface area contributed by atoms with Crippen LogP contribution in [0.4, 0.5) is 0 Å². The standard InChI is InChI=1S/C15H15N3O/c1-18(14(19)15(11-17)6-3-7-15)10-13-5-2-4-12(8-13)9-16/h2,4-5,8H,3,6-7,10H2,1H3. The molecule has 4 heteroatoms. The van der Waals surface area contributed by atoms with Gasteiger partial charge < -0.3 is 4.90 Å². The zero-order valence-corrected chi connectivity index (χ0v) is 10.9. The minimum Gasteiger partial charge on any atom is -0.340 e. The Balaban J connectivity index is 2.09. The van der Waals surface area contributed by atoms with Gasteiger partial charge in [-0.3, -0.25) is 4.79 Å². The Morgan fingerprint density at radius 3 is 2.68 bits per heavy atom. The van der Waals surface area contributed by atoms with Gasteiger partial charge in [0.1, 0.15) is 5.41 Å². The van der Waals surface area contributed by atoms with Crippen molar-refractivity contribution >= 4 is 5.91 Å². The van der Waals surface area contributed by atoms with Crippen molar-refractivity contribution in [2.45, 2.75) is 25.8 Å². The Hall–Kier alpha value is -2.33. The number of hydrogen-bond donors (Lipinski definition) is 0. The number of benzene rings is 1. The van der Waals surface area contributed by atoms with E-state index in [2.05, 4.69) is 12.1 Å². The fourth-order valence-electron chi connectivity index (χ4n) is 2.35. The number of carbonyl (C=O) groups is 1. The van der Waals surface area contributed by atoms with Crippen LogP contribution in [-0.4, -0.2) is 17.9 Å². The van der Waals surface area contributed by atoms with Gasteiger partial charge >= 0.3 is 0 Å². The molecular weight excluding hydrogens is 238 g/mol. The van der Waals surface area contributed by atoms with Crippen LogP contribution in [0.1, 0.15) is 30.4 Å². The van der Waals surface area contributed by atoms with Crippen LogP contribution in [0.25, 0.3) is 0 Å². The lowest BCUT2D eigenvalue weighted by atomic mass is 9.69. The molecule has 0 saturated heterocycles. The van der Waals surface area contributed by atoms with Gasteiger partial charge in [-0.15, -0.1) is 0 Å². The van der Waals surface area contributed by atoms with E-state index in [0.29, 0.717) is 24.9 Å². The first-order chi connectivity index (χ1) is 9.11. The second-order valence-corrected chi connectivity index (χ2v) is 5.02. The Kier molecular flexibility index (Phi) is 3.53. The first-order valence-electron chi connectivity index (χ1n) is 6.27. The largest absolute Gasteiger partial charge is 0.340 e. The van der Waals surface area contributed by atoms with Crippen molar-refractivity contribution in [2.75, 3.05) is 7.05 Å². The number of hydrogen-bond acceptors (Lipinski definition) is 3. The van der Waals surface area contributed by atoms with Crippen LogP contribution in [0, 0.1) is 28.1 Å². The third kappa shape index (κ3) is 2.44. The van der Waals surface area contributed by atoms with Gasteiger partial charge in [-0.1, -0.05) is 12.1 Å². The van der Waals surface area contributed by atoms with Crippen molar-refractivity contribution in [1.29, 1.82) is 10.5 Å². The summed E-state index contributed by atoms with van der Waals surface area (Å²) in [7, 11) is 1.71. The Bertz CT molecular complexity index is 576. The lowest BCUT2D eigenvalue weighted by Crippen LogP contribution is -2.45. The van der Waals surface area contributed by atoms with E-state index < -0.39 is 5.41 Å². The summed E-state index contributed by atoms with van der Waals surface area (Å²) >= 11 is 0. The highest BCUT2D eigenvalue weighted by Gasteiger charge is 2.46. The van der Waals surface area contributed by atoms with Gasteiger partial charge in [-0.2, -0.15) is 10.5 Å². The number of nitrogens with zero attached hydrogens (tertiary/aromatic N) is 3. The average molecular weight is 253 g/mol. The third-order valence-electron chi connectivity index (χ3n) is 3.65. The molecular formula is C15H15N3O. The van der Waals surface area contributed by atoms with E-state index in [1.165, 1.54) is 0 Å². The molecule has 0 atom stereocenters. The maximum atomic E-state index is 12.3. The summed E-state index contributed by atoms with van der Waals surface area (Å²) in [6.07, 6.45) is 2.26. The minimum atomic E-state index is -0.804. The van der Waals surface area contributed by atoms with E-state index in [9.17, 15) is 4.79 Å². The highest BCUT2D eigenvalue weighted by Crippen LogP contribution is 2.41. The molecule has 0 aromatic heterocycles. The molecule has 1 fully saturated rings. The SMILES string of the molecule is CN(Cc1cccc(C#N)c1)C(=O)C1(C#N)CCC1. The van der Waals surface area contributed by atoms with E-state index in [-0.39, 0.29) is 5.91 Å². The van der Waals surface area contributed by atoms with Crippen molar-refractivity contribution in [3.05, 3.63) is 35.4 Å². The number of amides is 1. The number of carbonyl (C=O) groups excluding carboxylic acids is 1. The zero-order valence-electron chi connectivity index (χ0n) is 10.9. The molecule has 1 aromatic rings. The highest BCUT2D eigenvalue weighted by atomic mass is 16.2. The summed E-state index contributed by atoms with van der Waals surface area (Å²) in [4.78, 5) is 13.9. The molecule has 1 aliphatic carbocycles.